The molecule has 7 heteroatoms. The van der Waals surface area contributed by atoms with Gasteiger partial charge in [-0.1, -0.05) is 17.8 Å². The molecule has 1 atom stereocenters. The predicted molar refractivity (Wildman–Crippen MR) is 51.0 cm³/mol. The highest BCUT2D eigenvalue weighted by Crippen LogP contribution is 2.19. The molecule has 0 amide bonds. The molecule has 0 radical (unpaired) electrons. The van der Waals surface area contributed by atoms with Crippen molar-refractivity contribution in [3.8, 4) is 0 Å². The normalized spacial score (nSPS) is 12.4. The average Bonchev–Trinajstić information content (AvgIpc) is 2.52. The Labute approximate surface area is 85.0 Å². The Morgan fingerprint density at radius 2 is 2.57 bits per heavy atom. The van der Waals surface area contributed by atoms with Crippen molar-refractivity contribution < 1.29 is 9.90 Å². The summed E-state index contributed by atoms with van der Waals surface area (Å²) in [4.78, 5) is 10.4. The fraction of sp³-hybridized carbons (Fsp3) is 0.429. The molecule has 1 unspecified atom stereocenters. The summed E-state index contributed by atoms with van der Waals surface area (Å²) in [6, 6.07) is 0. The van der Waals surface area contributed by atoms with E-state index in [1.165, 1.54) is 16.4 Å². The van der Waals surface area contributed by atoms with Gasteiger partial charge >= 0.3 is 5.97 Å². The Morgan fingerprint density at radius 1 is 1.86 bits per heavy atom. The summed E-state index contributed by atoms with van der Waals surface area (Å²) in [6.07, 6.45) is 1.74. The number of thioether (sulfide) groups is 1. The molecule has 1 N–H and O–H groups in total. The van der Waals surface area contributed by atoms with Crippen molar-refractivity contribution in [3.63, 3.8) is 0 Å². The van der Waals surface area contributed by atoms with Gasteiger partial charge in [-0.3, -0.25) is 4.79 Å². The lowest BCUT2D eigenvalue weighted by atomic mass is 10.5. The number of tetrazole rings is 1. The van der Waals surface area contributed by atoms with Gasteiger partial charge < -0.3 is 5.11 Å². The summed E-state index contributed by atoms with van der Waals surface area (Å²) in [5.74, 6) is -0.967. The molecule has 6 nitrogen and oxygen atoms in total. The molecule has 0 spiro atoms. The molecule has 0 saturated carbocycles. The fourth-order valence-corrected chi connectivity index (χ4v) is 1.46. The lowest BCUT2D eigenvalue weighted by Gasteiger charge is -2.03. The van der Waals surface area contributed by atoms with Gasteiger partial charge in [0, 0.05) is 5.25 Å². The Bertz CT molecular complexity index is 338. The van der Waals surface area contributed by atoms with E-state index in [1.54, 1.807) is 6.08 Å². The van der Waals surface area contributed by atoms with E-state index in [0.717, 1.165) is 0 Å². The number of hydrogen-bond acceptors (Lipinski definition) is 5. The standard InChI is InChI=1S/C7H10N4O2S/c1-3-5(2)14-7-8-9-10-11(7)4-6(12)13/h3,5H,1,4H2,2H3,(H,12,13). The van der Waals surface area contributed by atoms with Crippen molar-refractivity contribution in [2.24, 2.45) is 0 Å². The van der Waals surface area contributed by atoms with Crippen LogP contribution >= 0.6 is 11.8 Å². The molecule has 1 rings (SSSR count). The molecule has 14 heavy (non-hydrogen) atoms. The molecule has 1 heterocycles. The number of nitrogens with zero attached hydrogens (tertiary/aromatic N) is 4. The van der Waals surface area contributed by atoms with Crippen LogP contribution in [0.5, 0.6) is 0 Å². The number of aliphatic carboxylic acids is 1. The van der Waals surface area contributed by atoms with Gasteiger partial charge in [0.25, 0.3) is 0 Å². The molecule has 0 aliphatic rings. The summed E-state index contributed by atoms with van der Waals surface area (Å²) in [6.45, 7) is 5.32. The van der Waals surface area contributed by atoms with Gasteiger partial charge in [0.05, 0.1) is 0 Å². The van der Waals surface area contributed by atoms with Gasteiger partial charge in [-0.25, -0.2) is 4.68 Å². The first-order valence-corrected chi connectivity index (χ1v) is 4.78. The zero-order valence-electron chi connectivity index (χ0n) is 7.62. The van der Waals surface area contributed by atoms with Gasteiger partial charge in [0.2, 0.25) is 5.16 Å². The van der Waals surface area contributed by atoms with E-state index in [4.69, 9.17) is 5.11 Å². The maximum atomic E-state index is 10.4. The van der Waals surface area contributed by atoms with E-state index in [1.807, 2.05) is 6.92 Å². The van der Waals surface area contributed by atoms with E-state index in [9.17, 15) is 4.79 Å². The molecule has 0 aromatic carbocycles. The monoisotopic (exact) mass is 214 g/mol. The first-order chi connectivity index (χ1) is 6.63. The largest absolute Gasteiger partial charge is 0.480 e. The first-order valence-electron chi connectivity index (χ1n) is 3.90. The van der Waals surface area contributed by atoms with Crippen LogP contribution in [0.25, 0.3) is 0 Å². The molecule has 0 saturated heterocycles. The van der Waals surface area contributed by atoms with Gasteiger partial charge in [-0.05, 0) is 17.4 Å². The molecular weight excluding hydrogens is 204 g/mol. The highest BCUT2D eigenvalue weighted by molar-refractivity contribution is 7.99. The van der Waals surface area contributed by atoms with E-state index in [0.29, 0.717) is 5.16 Å². The molecule has 1 aromatic heterocycles. The van der Waals surface area contributed by atoms with Gasteiger partial charge in [0.1, 0.15) is 6.54 Å². The lowest BCUT2D eigenvalue weighted by molar-refractivity contribution is -0.138. The van der Waals surface area contributed by atoms with Crippen molar-refractivity contribution in [1.29, 1.82) is 0 Å². The smallest absolute Gasteiger partial charge is 0.325 e. The lowest BCUT2D eigenvalue weighted by Crippen LogP contribution is -2.12. The average molecular weight is 214 g/mol. The minimum absolute atomic E-state index is 0.147. The van der Waals surface area contributed by atoms with E-state index in [2.05, 4.69) is 22.1 Å². The number of carboxylic acid groups (broad SMARTS) is 1. The van der Waals surface area contributed by atoms with Crippen LogP contribution in [0.2, 0.25) is 0 Å². The summed E-state index contributed by atoms with van der Waals surface area (Å²) in [7, 11) is 0. The van der Waals surface area contributed by atoms with E-state index >= 15 is 0 Å². The SMILES string of the molecule is C=CC(C)Sc1nnnn1CC(=O)O. The zero-order chi connectivity index (χ0) is 10.6. The van der Waals surface area contributed by atoms with Crippen LogP contribution in [-0.2, 0) is 11.3 Å². The van der Waals surface area contributed by atoms with Crippen LogP contribution in [0.1, 0.15) is 6.92 Å². The molecule has 0 aliphatic heterocycles. The molecule has 0 bridgehead atoms. The van der Waals surface area contributed by atoms with Crippen LogP contribution < -0.4 is 0 Å². The Hall–Kier alpha value is -1.37. The van der Waals surface area contributed by atoms with Crippen LogP contribution in [0.15, 0.2) is 17.8 Å². The van der Waals surface area contributed by atoms with Crippen molar-refractivity contribution in [3.05, 3.63) is 12.7 Å². The second kappa shape index (κ2) is 4.75. The highest BCUT2D eigenvalue weighted by Gasteiger charge is 2.11. The molecule has 0 fully saturated rings. The molecular formula is C7H10N4O2S. The van der Waals surface area contributed by atoms with E-state index < -0.39 is 5.97 Å². The van der Waals surface area contributed by atoms with Crippen molar-refractivity contribution in [2.75, 3.05) is 0 Å². The molecule has 76 valence electrons. The van der Waals surface area contributed by atoms with Crippen LogP contribution in [-0.4, -0.2) is 36.5 Å². The quantitative estimate of drug-likeness (QED) is 0.565. The number of hydrogen-bond donors (Lipinski definition) is 1. The molecule has 0 aliphatic carbocycles. The third-order valence-corrected chi connectivity index (χ3v) is 2.47. The third kappa shape index (κ3) is 2.84. The van der Waals surface area contributed by atoms with Gasteiger partial charge in [-0.2, -0.15) is 0 Å². The Morgan fingerprint density at radius 3 is 3.14 bits per heavy atom. The van der Waals surface area contributed by atoms with Crippen LogP contribution in [0.3, 0.4) is 0 Å². The third-order valence-electron chi connectivity index (χ3n) is 1.41. The minimum atomic E-state index is -0.967. The number of carbonyl (C=O) groups is 1. The fourth-order valence-electron chi connectivity index (χ4n) is 0.723. The predicted octanol–water partition coefficient (Wildman–Crippen LogP) is 0.424. The maximum absolute atomic E-state index is 10.4. The number of carboxylic acids is 1. The van der Waals surface area contributed by atoms with Crippen molar-refractivity contribution in [1.82, 2.24) is 20.2 Å². The topological polar surface area (TPSA) is 80.9 Å². The minimum Gasteiger partial charge on any atom is -0.480 e. The second-order valence-corrected chi connectivity index (χ2v) is 3.92. The summed E-state index contributed by atoms with van der Waals surface area (Å²) >= 11 is 1.36. The zero-order valence-corrected chi connectivity index (χ0v) is 8.44. The Balaban J connectivity index is 2.71. The van der Waals surface area contributed by atoms with Gasteiger partial charge in [0.15, 0.2) is 0 Å². The Kier molecular flexibility index (Phi) is 3.63. The van der Waals surface area contributed by atoms with Gasteiger partial charge in [-0.15, -0.1) is 11.7 Å². The summed E-state index contributed by atoms with van der Waals surface area (Å²) in [5.41, 5.74) is 0. The second-order valence-electron chi connectivity index (χ2n) is 2.57. The van der Waals surface area contributed by atoms with Crippen LogP contribution in [0, 0.1) is 0 Å². The summed E-state index contributed by atoms with van der Waals surface area (Å²) < 4.78 is 1.24. The molecule has 1 aromatic rings. The first kappa shape index (κ1) is 10.7. The van der Waals surface area contributed by atoms with E-state index in [-0.39, 0.29) is 11.8 Å². The highest BCUT2D eigenvalue weighted by atomic mass is 32.2. The maximum Gasteiger partial charge on any atom is 0.325 e. The number of rotatable bonds is 5. The summed E-state index contributed by atoms with van der Waals surface area (Å²) in [5, 5.41) is 19.9. The van der Waals surface area contributed by atoms with Crippen LogP contribution in [0.4, 0.5) is 0 Å². The van der Waals surface area contributed by atoms with Crippen molar-refractivity contribution in [2.45, 2.75) is 23.9 Å². The van der Waals surface area contributed by atoms with Crippen molar-refractivity contribution >= 4 is 17.7 Å². The number of aromatic nitrogens is 4.